The molecule has 0 bridgehead atoms. The van der Waals surface area contributed by atoms with Crippen molar-refractivity contribution in [3.05, 3.63) is 53.4 Å². The van der Waals surface area contributed by atoms with Gasteiger partial charge in [0.15, 0.2) is 17.2 Å². The number of carbonyl (C=O) groups excluding carboxylic acids is 2. The number of primary amides is 1. The van der Waals surface area contributed by atoms with E-state index in [1.807, 2.05) is 0 Å². The number of halogens is 5. The van der Waals surface area contributed by atoms with Crippen molar-refractivity contribution in [2.24, 2.45) is 11.7 Å². The lowest BCUT2D eigenvalue weighted by Gasteiger charge is -2.32. The molecule has 7 nitrogen and oxygen atoms in total. The van der Waals surface area contributed by atoms with Gasteiger partial charge in [-0.2, -0.15) is 17.6 Å². The van der Waals surface area contributed by atoms with Crippen LogP contribution in [0.4, 0.5) is 27.6 Å². The van der Waals surface area contributed by atoms with Crippen LogP contribution in [0.25, 0.3) is 0 Å². The van der Waals surface area contributed by atoms with Crippen LogP contribution in [0.3, 0.4) is 0 Å². The highest BCUT2D eigenvalue weighted by molar-refractivity contribution is 5.97. The van der Waals surface area contributed by atoms with E-state index in [0.717, 1.165) is 25.3 Å². The van der Waals surface area contributed by atoms with Crippen molar-refractivity contribution in [3.63, 3.8) is 0 Å². The van der Waals surface area contributed by atoms with Gasteiger partial charge < -0.3 is 20.5 Å². The molecule has 0 aliphatic carbocycles. The summed E-state index contributed by atoms with van der Waals surface area (Å²) in [6.45, 7) is 1.75. The van der Waals surface area contributed by atoms with Gasteiger partial charge in [0.1, 0.15) is 11.8 Å². The van der Waals surface area contributed by atoms with Crippen molar-refractivity contribution in [1.82, 2.24) is 4.98 Å². The minimum atomic E-state index is -5.01. The molecule has 4 atom stereocenters. The Labute approximate surface area is 189 Å². The van der Waals surface area contributed by atoms with Gasteiger partial charge in [-0.3, -0.25) is 14.6 Å². The molecule has 1 aromatic carbocycles. The zero-order valence-corrected chi connectivity index (χ0v) is 17.2. The standard InChI is InChI=1S/C21H20F5N3O4/c1-9-14(11-4-5-12(22)15(23)16(11)32-3)17(33-20(9,2)21(24,25)26)19(31)29-10-6-7-28-13(8-10)18(27)30/h4-9,14,17H,1-3H3,(H2,27,30)(H,28,29,31)/t9-,14+,17-,20+/m1/s1/i3D3. The molecule has 1 aliphatic rings. The van der Waals surface area contributed by atoms with E-state index in [-0.39, 0.29) is 11.4 Å². The predicted molar refractivity (Wildman–Crippen MR) is 106 cm³/mol. The van der Waals surface area contributed by atoms with Crippen LogP contribution in [0.1, 0.15) is 39.9 Å². The fraction of sp³-hybridized carbons (Fsp3) is 0.381. The number of alkyl halides is 3. The van der Waals surface area contributed by atoms with Crippen molar-refractivity contribution >= 4 is 17.5 Å². The second-order valence-electron chi connectivity index (χ2n) is 7.62. The van der Waals surface area contributed by atoms with Crippen molar-refractivity contribution in [1.29, 1.82) is 0 Å². The average molecular weight is 476 g/mol. The van der Waals surface area contributed by atoms with Crippen LogP contribution in [0.2, 0.25) is 0 Å². The second-order valence-corrected chi connectivity index (χ2v) is 7.62. The van der Waals surface area contributed by atoms with Gasteiger partial charge in [0.25, 0.3) is 11.8 Å². The molecule has 3 N–H and O–H groups in total. The monoisotopic (exact) mass is 476 g/mol. The Kier molecular flexibility index (Phi) is 5.29. The Balaban J connectivity index is 2.12. The summed E-state index contributed by atoms with van der Waals surface area (Å²) in [6, 6.07) is 3.70. The molecule has 3 rings (SSSR count). The Morgan fingerprint density at radius 3 is 2.61 bits per heavy atom. The molecule has 2 heterocycles. The first-order valence-electron chi connectivity index (χ1n) is 10.9. The van der Waals surface area contributed by atoms with E-state index in [1.54, 1.807) is 0 Å². The Bertz CT molecular complexity index is 1190. The van der Waals surface area contributed by atoms with Crippen LogP contribution >= 0.6 is 0 Å². The van der Waals surface area contributed by atoms with E-state index < -0.39 is 71.5 Å². The molecular weight excluding hydrogens is 453 g/mol. The highest BCUT2D eigenvalue weighted by Crippen LogP contribution is 2.55. The van der Waals surface area contributed by atoms with Crippen molar-refractivity contribution in [3.8, 4) is 5.75 Å². The number of nitrogens with two attached hydrogens (primary N) is 1. The van der Waals surface area contributed by atoms with E-state index in [9.17, 15) is 31.5 Å². The highest BCUT2D eigenvalue weighted by atomic mass is 19.4. The minimum Gasteiger partial charge on any atom is -0.493 e. The molecule has 1 fully saturated rings. The summed E-state index contributed by atoms with van der Waals surface area (Å²) in [5.74, 6) is -9.76. The van der Waals surface area contributed by atoms with Crippen molar-refractivity contribution in [2.75, 3.05) is 12.4 Å². The van der Waals surface area contributed by atoms with Crippen LogP contribution in [0, 0.1) is 17.6 Å². The van der Waals surface area contributed by atoms with Crippen LogP contribution in [-0.4, -0.2) is 41.7 Å². The normalized spacial score (nSPS) is 26.8. The van der Waals surface area contributed by atoms with E-state index in [2.05, 4.69) is 15.0 Å². The zero-order chi connectivity index (χ0) is 27.2. The highest BCUT2D eigenvalue weighted by Gasteiger charge is 2.65. The molecule has 33 heavy (non-hydrogen) atoms. The number of nitrogens with one attached hydrogen (secondary N) is 1. The lowest BCUT2D eigenvalue weighted by atomic mass is 9.77. The van der Waals surface area contributed by atoms with Gasteiger partial charge in [-0.15, -0.1) is 0 Å². The van der Waals surface area contributed by atoms with Crippen molar-refractivity contribution < 1.29 is 45.1 Å². The smallest absolute Gasteiger partial charge is 0.417 e. The number of pyridine rings is 1. The zero-order valence-electron chi connectivity index (χ0n) is 20.2. The molecule has 1 aliphatic heterocycles. The summed E-state index contributed by atoms with van der Waals surface area (Å²) in [5, 5.41) is 2.28. The third-order valence-electron chi connectivity index (χ3n) is 5.75. The molecule has 0 spiro atoms. The van der Waals surface area contributed by atoms with Crippen molar-refractivity contribution in [2.45, 2.75) is 37.6 Å². The van der Waals surface area contributed by atoms with Gasteiger partial charge >= 0.3 is 6.18 Å². The number of aromatic nitrogens is 1. The fourth-order valence-corrected chi connectivity index (χ4v) is 3.79. The Hall–Kier alpha value is -3.28. The summed E-state index contributed by atoms with van der Waals surface area (Å²) in [7, 11) is -3.29. The van der Waals surface area contributed by atoms with Crippen LogP contribution in [-0.2, 0) is 9.53 Å². The molecule has 1 saturated heterocycles. The molecule has 178 valence electrons. The van der Waals surface area contributed by atoms with E-state index in [0.29, 0.717) is 13.0 Å². The maximum atomic E-state index is 14.6. The number of anilines is 1. The largest absolute Gasteiger partial charge is 0.493 e. The van der Waals surface area contributed by atoms with Gasteiger partial charge in [-0.1, -0.05) is 13.0 Å². The minimum absolute atomic E-state index is 0.0660. The number of benzene rings is 1. The lowest BCUT2D eigenvalue weighted by Crippen LogP contribution is -2.47. The third-order valence-corrected chi connectivity index (χ3v) is 5.75. The summed E-state index contributed by atoms with van der Waals surface area (Å²) >= 11 is 0. The summed E-state index contributed by atoms with van der Waals surface area (Å²) in [4.78, 5) is 28.2. The van der Waals surface area contributed by atoms with Gasteiger partial charge in [-0.25, -0.2) is 4.39 Å². The predicted octanol–water partition coefficient (Wildman–Crippen LogP) is 3.55. The van der Waals surface area contributed by atoms with E-state index in [1.165, 1.54) is 6.07 Å². The number of nitrogens with zero attached hydrogens (tertiary/aromatic N) is 1. The molecule has 1 aromatic heterocycles. The number of amides is 2. The van der Waals surface area contributed by atoms with Crippen LogP contribution < -0.4 is 15.8 Å². The number of rotatable bonds is 5. The van der Waals surface area contributed by atoms with Gasteiger partial charge in [0, 0.05) is 29.3 Å². The third kappa shape index (κ3) is 4.22. The van der Waals surface area contributed by atoms with Gasteiger partial charge in [0.2, 0.25) is 5.82 Å². The summed E-state index contributed by atoms with van der Waals surface area (Å²) in [6.07, 6.45) is -5.87. The molecule has 0 radical (unpaired) electrons. The molecular formula is C21H20F5N3O4. The molecule has 12 heteroatoms. The summed E-state index contributed by atoms with van der Waals surface area (Å²) in [5.41, 5.74) is 1.36. The molecule has 0 saturated carbocycles. The quantitative estimate of drug-likeness (QED) is 0.643. The Morgan fingerprint density at radius 2 is 2.00 bits per heavy atom. The number of hydrogen-bond donors (Lipinski definition) is 2. The molecule has 2 aromatic rings. The molecule has 0 unspecified atom stereocenters. The van der Waals surface area contributed by atoms with Crippen LogP contribution in [0.15, 0.2) is 30.5 Å². The topological polar surface area (TPSA) is 104 Å². The van der Waals surface area contributed by atoms with Crippen LogP contribution in [0.5, 0.6) is 5.75 Å². The van der Waals surface area contributed by atoms with Gasteiger partial charge in [-0.05, 0) is 25.1 Å². The fourth-order valence-electron chi connectivity index (χ4n) is 3.79. The van der Waals surface area contributed by atoms with Gasteiger partial charge in [0.05, 0.1) is 11.2 Å². The first kappa shape index (κ1) is 20.3. The average Bonchev–Trinajstić information content (AvgIpc) is 3.03. The number of carbonyl (C=O) groups is 2. The maximum Gasteiger partial charge on any atom is 0.417 e. The second kappa shape index (κ2) is 8.58. The van der Waals surface area contributed by atoms with E-state index in [4.69, 9.17) is 14.6 Å². The number of hydrogen-bond acceptors (Lipinski definition) is 5. The van der Waals surface area contributed by atoms with E-state index >= 15 is 0 Å². The Morgan fingerprint density at radius 1 is 1.30 bits per heavy atom. The SMILES string of the molecule is [2H]C([2H])([2H])Oc1c([C@@H]2[C@@H](C)[C@@](C)(C(F)(F)F)O[C@H]2C(=O)Nc2ccnc(C(N)=O)c2)ccc(F)c1F. The summed E-state index contributed by atoms with van der Waals surface area (Å²) < 4.78 is 102. The number of ether oxygens (including phenoxy) is 2. The number of methoxy groups -OCH3 is 1. The lowest BCUT2D eigenvalue weighted by molar-refractivity contribution is -0.272. The first-order chi connectivity index (χ1) is 16.5. The maximum absolute atomic E-state index is 14.6. The molecule has 2 amide bonds. The first-order valence-corrected chi connectivity index (χ1v) is 9.44.